The predicted octanol–water partition coefficient (Wildman–Crippen LogP) is 3.42. The zero-order valence-corrected chi connectivity index (χ0v) is 11.5. The summed E-state index contributed by atoms with van der Waals surface area (Å²) in [6, 6.07) is 3.45. The summed E-state index contributed by atoms with van der Waals surface area (Å²) in [5.74, 6) is -0.376. The lowest BCUT2D eigenvalue weighted by Crippen LogP contribution is -2.10. The highest BCUT2D eigenvalue weighted by Crippen LogP contribution is 2.20. The standard InChI is InChI=1S/C12H11ClN2O2S/c1-7-11(18-6-15-7)12(16)17-8(2)10-4-3-9(13)5-14-10/h3-6,8H,1-2H3/t8-/m1/s1. The first-order valence-electron chi connectivity index (χ1n) is 5.30. The summed E-state index contributed by atoms with van der Waals surface area (Å²) in [6.07, 6.45) is 1.11. The zero-order chi connectivity index (χ0) is 13.1. The van der Waals surface area contributed by atoms with Gasteiger partial charge >= 0.3 is 5.97 Å². The van der Waals surface area contributed by atoms with Crippen LogP contribution in [0.5, 0.6) is 0 Å². The van der Waals surface area contributed by atoms with Crippen molar-refractivity contribution in [1.29, 1.82) is 0 Å². The number of thiazole rings is 1. The lowest BCUT2D eigenvalue weighted by molar-refractivity contribution is 0.0334. The molecule has 6 heteroatoms. The number of aromatic nitrogens is 2. The second-order valence-electron chi connectivity index (χ2n) is 3.72. The largest absolute Gasteiger partial charge is 0.452 e. The molecule has 0 aliphatic carbocycles. The molecule has 0 bridgehead atoms. The number of carbonyl (C=O) groups is 1. The van der Waals surface area contributed by atoms with Crippen molar-refractivity contribution in [2.45, 2.75) is 20.0 Å². The van der Waals surface area contributed by atoms with Crippen LogP contribution in [0.15, 0.2) is 23.8 Å². The Balaban J connectivity index is 2.08. The van der Waals surface area contributed by atoms with Crippen molar-refractivity contribution < 1.29 is 9.53 Å². The van der Waals surface area contributed by atoms with Gasteiger partial charge in [0.05, 0.1) is 21.9 Å². The summed E-state index contributed by atoms with van der Waals surface area (Å²) in [5.41, 5.74) is 2.97. The number of halogens is 1. The number of aryl methyl sites for hydroxylation is 1. The highest BCUT2D eigenvalue weighted by Gasteiger charge is 2.18. The highest BCUT2D eigenvalue weighted by molar-refractivity contribution is 7.11. The topological polar surface area (TPSA) is 52.1 Å². The Kier molecular flexibility index (Phi) is 3.93. The van der Waals surface area contributed by atoms with E-state index in [0.29, 0.717) is 21.3 Å². The van der Waals surface area contributed by atoms with Gasteiger partial charge in [0.15, 0.2) is 0 Å². The number of esters is 1. The maximum Gasteiger partial charge on any atom is 0.350 e. The molecular weight excluding hydrogens is 272 g/mol. The van der Waals surface area contributed by atoms with Crippen molar-refractivity contribution in [3.8, 4) is 0 Å². The first-order valence-corrected chi connectivity index (χ1v) is 6.56. The van der Waals surface area contributed by atoms with Gasteiger partial charge in [-0.1, -0.05) is 11.6 Å². The second kappa shape index (κ2) is 5.46. The fourth-order valence-electron chi connectivity index (χ4n) is 1.40. The third-order valence-corrected chi connectivity index (χ3v) is 3.51. The smallest absolute Gasteiger partial charge is 0.350 e. The van der Waals surface area contributed by atoms with Crippen LogP contribution in [0.1, 0.15) is 34.1 Å². The molecule has 0 radical (unpaired) electrons. The Morgan fingerprint density at radius 1 is 1.44 bits per heavy atom. The summed E-state index contributed by atoms with van der Waals surface area (Å²) < 4.78 is 5.33. The Morgan fingerprint density at radius 2 is 2.22 bits per heavy atom. The third kappa shape index (κ3) is 2.86. The number of carbonyl (C=O) groups excluding carboxylic acids is 1. The average Bonchev–Trinajstić information content (AvgIpc) is 2.76. The lowest BCUT2D eigenvalue weighted by Gasteiger charge is -2.12. The van der Waals surface area contributed by atoms with Crippen LogP contribution >= 0.6 is 22.9 Å². The molecule has 2 aromatic heterocycles. The van der Waals surface area contributed by atoms with Gasteiger partial charge < -0.3 is 4.74 Å². The Bertz CT molecular complexity index is 553. The fraction of sp³-hybridized carbons (Fsp3) is 0.250. The highest BCUT2D eigenvalue weighted by atomic mass is 35.5. The molecule has 0 aliphatic heterocycles. The monoisotopic (exact) mass is 282 g/mol. The minimum atomic E-state index is -0.420. The first-order chi connectivity index (χ1) is 8.58. The summed E-state index contributed by atoms with van der Waals surface area (Å²) >= 11 is 7.02. The van der Waals surface area contributed by atoms with E-state index >= 15 is 0 Å². The molecule has 1 atom stereocenters. The zero-order valence-electron chi connectivity index (χ0n) is 9.88. The molecule has 2 rings (SSSR count). The van der Waals surface area contributed by atoms with Crippen LogP contribution in [0.4, 0.5) is 0 Å². The minimum Gasteiger partial charge on any atom is -0.452 e. The fourth-order valence-corrected chi connectivity index (χ4v) is 2.20. The third-order valence-electron chi connectivity index (χ3n) is 2.38. The van der Waals surface area contributed by atoms with Gasteiger partial charge in [0.2, 0.25) is 0 Å². The molecule has 0 N–H and O–H groups in total. The molecule has 4 nitrogen and oxygen atoms in total. The van der Waals surface area contributed by atoms with E-state index in [2.05, 4.69) is 9.97 Å². The quantitative estimate of drug-likeness (QED) is 0.810. The van der Waals surface area contributed by atoms with Crippen LogP contribution in [0.2, 0.25) is 5.02 Å². The Labute approximate surface area is 114 Å². The lowest BCUT2D eigenvalue weighted by atomic mass is 10.2. The van der Waals surface area contributed by atoms with Crippen molar-refractivity contribution >= 4 is 28.9 Å². The van der Waals surface area contributed by atoms with Crippen LogP contribution in [0.3, 0.4) is 0 Å². The molecule has 2 aromatic rings. The van der Waals surface area contributed by atoms with E-state index in [1.165, 1.54) is 17.5 Å². The van der Waals surface area contributed by atoms with Gasteiger partial charge in [-0.3, -0.25) is 4.98 Å². The molecule has 0 saturated heterocycles. The molecule has 0 fully saturated rings. The molecule has 0 saturated carbocycles. The minimum absolute atomic E-state index is 0.376. The molecule has 0 aromatic carbocycles. The van der Waals surface area contributed by atoms with Gasteiger partial charge in [-0.2, -0.15) is 0 Å². The van der Waals surface area contributed by atoms with Crippen molar-refractivity contribution in [2.75, 3.05) is 0 Å². The van der Waals surface area contributed by atoms with Crippen molar-refractivity contribution in [3.63, 3.8) is 0 Å². The number of hydrogen-bond donors (Lipinski definition) is 0. The number of nitrogens with zero attached hydrogens (tertiary/aromatic N) is 2. The van der Waals surface area contributed by atoms with E-state index < -0.39 is 6.10 Å². The van der Waals surface area contributed by atoms with E-state index in [4.69, 9.17) is 16.3 Å². The summed E-state index contributed by atoms with van der Waals surface area (Å²) in [6.45, 7) is 3.54. The van der Waals surface area contributed by atoms with Crippen LogP contribution in [-0.2, 0) is 4.74 Å². The van der Waals surface area contributed by atoms with Crippen LogP contribution < -0.4 is 0 Å². The van der Waals surface area contributed by atoms with Gasteiger partial charge in [-0.15, -0.1) is 11.3 Å². The number of pyridine rings is 1. The maximum atomic E-state index is 11.9. The SMILES string of the molecule is Cc1ncsc1C(=O)O[C@H](C)c1ccc(Cl)cn1. The second-order valence-corrected chi connectivity index (χ2v) is 5.01. The molecular formula is C12H11ClN2O2S. The van der Waals surface area contributed by atoms with Crippen molar-refractivity contribution in [2.24, 2.45) is 0 Å². The molecule has 94 valence electrons. The number of hydrogen-bond acceptors (Lipinski definition) is 5. The van der Waals surface area contributed by atoms with Gasteiger partial charge in [-0.25, -0.2) is 9.78 Å². The Hall–Kier alpha value is -1.46. The molecule has 0 amide bonds. The molecule has 18 heavy (non-hydrogen) atoms. The van der Waals surface area contributed by atoms with E-state index in [1.807, 2.05) is 0 Å². The predicted molar refractivity (Wildman–Crippen MR) is 69.9 cm³/mol. The van der Waals surface area contributed by atoms with E-state index in [9.17, 15) is 4.79 Å². The first kappa shape index (κ1) is 13.0. The number of ether oxygens (including phenoxy) is 1. The van der Waals surface area contributed by atoms with Gasteiger partial charge in [-0.05, 0) is 26.0 Å². The summed E-state index contributed by atoms with van der Waals surface area (Å²) in [7, 11) is 0. The normalized spacial score (nSPS) is 12.2. The maximum absolute atomic E-state index is 11.9. The molecule has 0 spiro atoms. The Morgan fingerprint density at radius 3 is 2.78 bits per heavy atom. The molecule has 0 unspecified atom stereocenters. The van der Waals surface area contributed by atoms with E-state index in [0.717, 1.165) is 0 Å². The van der Waals surface area contributed by atoms with Gasteiger partial charge in [0.1, 0.15) is 11.0 Å². The summed E-state index contributed by atoms with van der Waals surface area (Å²) in [4.78, 5) is 20.5. The van der Waals surface area contributed by atoms with Crippen LogP contribution in [0.25, 0.3) is 0 Å². The molecule has 2 heterocycles. The van der Waals surface area contributed by atoms with E-state index in [-0.39, 0.29) is 5.97 Å². The van der Waals surface area contributed by atoms with Crippen LogP contribution in [-0.4, -0.2) is 15.9 Å². The number of rotatable bonds is 3. The summed E-state index contributed by atoms with van der Waals surface area (Å²) in [5, 5.41) is 0.551. The van der Waals surface area contributed by atoms with Crippen molar-refractivity contribution in [1.82, 2.24) is 9.97 Å². The van der Waals surface area contributed by atoms with Gasteiger partial charge in [0.25, 0.3) is 0 Å². The van der Waals surface area contributed by atoms with Gasteiger partial charge in [0, 0.05) is 6.20 Å². The average molecular weight is 283 g/mol. The van der Waals surface area contributed by atoms with E-state index in [1.54, 1.807) is 31.5 Å². The molecule has 0 aliphatic rings. The van der Waals surface area contributed by atoms with Crippen molar-refractivity contribution in [3.05, 3.63) is 45.1 Å². The van der Waals surface area contributed by atoms with Crippen LogP contribution in [0, 0.1) is 6.92 Å².